The number of nitrogens with zero attached hydrogens (tertiary/aromatic N) is 4. The highest BCUT2D eigenvalue weighted by Crippen LogP contribution is 2.16. The van der Waals surface area contributed by atoms with Gasteiger partial charge in [0, 0.05) is 37.6 Å². The van der Waals surface area contributed by atoms with Crippen molar-refractivity contribution in [1.82, 2.24) is 14.9 Å². The van der Waals surface area contributed by atoms with Crippen LogP contribution in [0.3, 0.4) is 0 Å². The Kier molecular flexibility index (Phi) is 3.95. The van der Waals surface area contributed by atoms with E-state index < -0.39 is 11.6 Å². The van der Waals surface area contributed by atoms with Gasteiger partial charge in [0.05, 0.1) is 0 Å². The molecule has 1 aromatic carbocycles. The van der Waals surface area contributed by atoms with Gasteiger partial charge in [-0.3, -0.25) is 4.79 Å². The van der Waals surface area contributed by atoms with Crippen molar-refractivity contribution in [3.63, 3.8) is 0 Å². The molecule has 1 fully saturated rings. The Morgan fingerprint density at radius 2 is 1.91 bits per heavy atom. The van der Waals surface area contributed by atoms with Crippen molar-refractivity contribution in [2.24, 2.45) is 0 Å². The molecule has 0 bridgehead atoms. The van der Waals surface area contributed by atoms with Gasteiger partial charge in [-0.2, -0.15) is 0 Å². The molecule has 3 rings (SSSR count). The molecule has 7 heteroatoms. The molecule has 0 radical (unpaired) electrons. The number of anilines is 1. The molecule has 0 saturated carbocycles. The number of aromatic nitrogens is 2. The molecular weight excluding hydrogens is 290 g/mol. The number of hydrogen-bond acceptors (Lipinski definition) is 4. The van der Waals surface area contributed by atoms with Crippen LogP contribution in [0.15, 0.2) is 36.7 Å². The minimum atomic E-state index is -0.514. The predicted octanol–water partition coefficient (Wildman–Crippen LogP) is 1.60. The van der Waals surface area contributed by atoms with Gasteiger partial charge in [-0.05, 0) is 24.3 Å². The summed E-state index contributed by atoms with van der Waals surface area (Å²) in [5.41, 5.74) is 0.178. The van der Waals surface area contributed by atoms with E-state index in [0.717, 1.165) is 18.2 Å². The first kappa shape index (κ1) is 14.4. The van der Waals surface area contributed by atoms with E-state index in [4.69, 9.17) is 0 Å². The Morgan fingerprint density at radius 1 is 1.14 bits per heavy atom. The molecule has 1 saturated heterocycles. The zero-order chi connectivity index (χ0) is 15.5. The second-order valence-corrected chi connectivity index (χ2v) is 5.02. The van der Waals surface area contributed by atoms with E-state index >= 15 is 0 Å². The molecule has 1 aromatic heterocycles. The fourth-order valence-electron chi connectivity index (χ4n) is 2.37. The molecule has 2 heterocycles. The highest BCUT2D eigenvalue weighted by atomic mass is 19.1. The van der Waals surface area contributed by atoms with E-state index in [9.17, 15) is 13.6 Å². The SMILES string of the molecule is O=C1CN(c2ncccn2)CCN1Cc1cc(F)ccc1F. The molecule has 1 aliphatic rings. The zero-order valence-electron chi connectivity index (χ0n) is 11.7. The minimum Gasteiger partial charge on any atom is -0.335 e. The molecule has 0 unspecified atom stereocenters. The third-order valence-corrected chi connectivity index (χ3v) is 3.52. The molecular formula is C15H14F2N4O. The molecule has 0 atom stereocenters. The lowest BCUT2D eigenvalue weighted by Crippen LogP contribution is -2.50. The summed E-state index contributed by atoms with van der Waals surface area (Å²) in [5, 5.41) is 0. The van der Waals surface area contributed by atoms with Crippen LogP contribution in [0.2, 0.25) is 0 Å². The minimum absolute atomic E-state index is 0.0614. The largest absolute Gasteiger partial charge is 0.335 e. The number of amides is 1. The number of piperazine rings is 1. The summed E-state index contributed by atoms with van der Waals surface area (Å²) in [5.74, 6) is -0.696. The van der Waals surface area contributed by atoms with E-state index in [1.165, 1.54) is 4.90 Å². The summed E-state index contributed by atoms with van der Waals surface area (Å²) in [4.78, 5) is 23.7. The van der Waals surface area contributed by atoms with Crippen LogP contribution in [-0.2, 0) is 11.3 Å². The highest BCUT2D eigenvalue weighted by Gasteiger charge is 2.26. The van der Waals surface area contributed by atoms with Crippen molar-refractivity contribution >= 4 is 11.9 Å². The number of benzene rings is 1. The maximum atomic E-state index is 13.7. The number of hydrogen-bond donors (Lipinski definition) is 0. The molecule has 5 nitrogen and oxygen atoms in total. The first-order chi connectivity index (χ1) is 10.6. The third kappa shape index (κ3) is 3.03. The van der Waals surface area contributed by atoms with Crippen LogP contribution >= 0.6 is 0 Å². The summed E-state index contributed by atoms with van der Waals surface area (Å²) >= 11 is 0. The topological polar surface area (TPSA) is 49.3 Å². The molecule has 1 aliphatic heterocycles. The molecule has 2 aromatic rings. The van der Waals surface area contributed by atoms with Crippen LogP contribution in [0.25, 0.3) is 0 Å². The lowest BCUT2D eigenvalue weighted by Gasteiger charge is -2.34. The molecule has 114 valence electrons. The van der Waals surface area contributed by atoms with Gasteiger partial charge in [-0.1, -0.05) is 0 Å². The van der Waals surface area contributed by atoms with Gasteiger partial charge in [0.1, 0.15) is 18.2 Å². The fourth-order valence-corrected chi connectivity index (χ4v) is 2.37. The van der Waals surface area contributed by atoms with Gasteiger partial charge in [-0.15, -0.1) is 0 Å². The maximum Gasteiger partial charge on any atom is 0.242 e. The lowest BCUT2D eigenvalue weighted by atomic mass is 10.1. The fraction of sp³-hybridized carbons (Fsp3) is 0.267. The van der Waals surface area contributed by atoms with Crippen LogP contribution in [0.5, 0.6) is 0 Å². The van der Waals surface area contributed by atoms with Gasteiger partial charge >= 0.3 is 0 Å². The van der Waals surface area contributed by atoms with Gasteiger partial charge in [0.15, 0.2) is 0 Å². The molecule has 0 spiro atoms. The van der Waals surface area contributed by atoms with E-state index in [1.54, 1.807) is 23.4 Å². The lowest BCUT2D eigenvalue weighted by molar-refractivity contribution is -0.131. The molecule has 0 N–H and O–H groups in total. The zero-order valence-corrected chi connectivity index (χ0v) is 11.7. The third-order valence-electron chi connectivity index (χ3n) is 3.52. The Balaban J connectivity index is 1.68. The van der Waals surface area contributed by atoms with Crippen molar-refractivity contribution < 1.29 is 13.6 Å². The number of carbonyl (C=O) groups excluding carboxylic acids is 1. The van der Waals surface area contributed by atoms with Crippen LogP contribution in [0.1, 0.15) is 5.56 Å². The predicted molar refractivity (Wildman–Crippen MR) is 76.0 cm³/mol. The average Bonchev–Trinajstić information content (AvgIpc) is 2.53. The van der Waals surface area contributed by atoms with Crippen molar-refractivity contribution in [2.45, 2.75) is 6.54 Å². The van der Waals surface area contributed by atoms with Gasteiger partial charge in [-0.25, -0.2) is 18.7 Å². The van der Waals surface area contributed by atoms with E-state index in [2.05, 4.69) is 9.97 Å². The summed E-state index contributed by atoms with van der Waals surface area (Å²) in [6, 6.07) is 4.96. The molecule has 1 amide bonds. The van der Waals surface area contributed by atoms with Crippen molar-refractivity contribution in [1.29, 1.82) is 0 Å². The van der Waals surface area contributed by atoms with E-state index in [1.807, 2.05) is 0 Å². The summed E-state index contributed by atoms with van der Waals surface area (Å²) in [6.07, 6.45) is 3.22. The van der Waals surface area contributed by atoms with Crippen molar-refractivity contribution in [3.05, 3.63) is 53.9 Å². The average molecular weight is 304 g/mol. The monoisotopic (exact) mass is 304 g/mol. The summed E-state index contributed by atoms with van der Waals surface area (Å²) < 4.78 is 26.8. The Bertz CT molecular complexity index is 680. The Hall–Kier alpha value is -2.57. The van der Waals surface area contributed by atoms with Crippen LogP contribution in [0, 0.1) is 11.6 Å². The van der Waals surface area contributed by atoms with E-state index in [0.29, 0.717) is 19.0 Å². The van der Waals surface area contributed by atoms with Crippen molar-refractivity contribution in [2.75, 3.05) is 24.5 Å². The number of carbonyl (C=O) groups is 1. The highest BCUT2D eigenvalue weighted by molar-refractivity contribution is 5.82. The molecule has 22 heavy (non-hydrogen) atoms. The van der Waals surface area contributed by atoms with Crippen LogP contribution < -0.4 is 4.90 Å². The van der Waals surface area contributed by atoms with Crippen LogP contribution in [0.4, 0.5) is 14.7 Å². The first-order valence-corrected chi connectivity index (χ1v) is 6.87. The van der Waals surface area contributed by atoms with Crippen LogP contribution in [-0.4, -0.2) is 40.4 Å². The quantitative estimate of drug-likeness (QED) is 0.864. The van der Waals surface area contributed by atoms with Gasteiger partial charge < -0.3 is 9.80 Å². The maximum absolute atomic E-state index is 13.7. The number of halogens is 2. The second kappa shape index (κ2) is 6.05. The van der Waals surface area contributed by atoms with E-state index in [-0.39, 0.29) is 24.6 Å². The summed E-state index contributed by atoms with van der Waals surface area (Å²) in [6.45, 7) is 1.15. The van der Waals surface area contributed by atoms with Gasteiger partial charge in [0.2, 0.25) is 11.9 Å². The summed E-state index contributed by atoms with van der Waals surface area (Å²) in [7, 11) is 0. The Labute approximate surface area is 126 Å². The van der Waals surface area contributed by atoms with Gasteiger partial charge in [0.25, 0.3) is 0 Å². The Morgan fingerprint density at radius 3 is 2.64 bits per heavy atom. The normalized spacial score (nSPS) is 15.3. The standard InChI is InChI=1S/C15H14F2N4O/c16-12-2-3-13(17)11(8-12)9-20-6-7-21(10-14(20)22)15-18-4-1-5-19-15/h1-5,8H,6-7,9-10H2. The first-order valence-electron chi connectivity index (χ1n) is 6.87. The second-order valence-electron chi connectivity index (χ2n) is 5.02. The number of rotatable bonds is 3. The smallest absolute Gasteiger partial charge is 0.242 e. The molecule has 0 aliphatic carbocycles. The van der Waals surface area contributed by atoms with Crippen molar-refractivity contribution in [3.8, 4) is 0 Å².